The number of nitrogens with zero attached hydrogens (tertiary/aromatic N) is 3. The minimum Gasteiger partial charge on any atom is -0.378 e. The van der Waals surface area contributed by atoms with Crippen LogP contribution in [0, 0.1) is 5.92 Å². The van der Waals surface area contributed by atoms with E-state index < -0.39 is 0 Å². The van der Waals surface area contributed by atoms with Crippen molar-refractivity contribution in [2.24, 2.45) is 13.0 Å². The first-order valence-corrected chi connectivity index (χ1v) is 8.54. The Morgan fingerprint density at radius 3 is 3.00 bits per heavy atom. The SMILES string of the molecule is CCO[C@@H]1C[C@H]1C(=O)N1CCC[C@@H]1c1nc2ccccc2n1C. The van der Waals surface area contributed by atoms with Crippen LogP contribution >= 0.6 is 0 Å². The number of carbonyl (C=O) groups excluding carboxylic acids is 1. The number of imidazole rings is 1. The Balaban J connectivity index is 1.60. The minimum absolute atomic E-state index is 0.0604. The standard InChI is InChI=1S/C18H23N3O2/c1-3-23-16-11-12(16)18(22)21-10-6-9-15(21)17-19-13-7-4-5-8-14(13)20(17)2/h4-5,7-8,12,15-16H,3,6,9-11H2,1-2H3/t12-,15-,16-/m1/s1. The molecule has 23 heavy (non-hydrogen) atoms. The molecule has 2 fully saturated rings. The van der Waals surface area contributed by atoms with Gasteiger partial charge in [0, 0.05) is 20.2 Å². The molecular formula is C18H23N3O2. The monoisotopic (exact) mass is 313 g/mol. The summed E-state index contributed by atoms with van der Waals surface area (Å²) in [5.41, 5.74) is 2.13. The van der Waals surface area contributed by atoms with E-state index in [1.807, 2.05) is 37.1 Å². The second-order valence-electron chi connectivity index (χ2n) is 6.54. The maximum Gasteiger partial charge on any atom is 0.229 e. The van der Waals surface area contributed by atoms with Gasteiger partial charge in [-0.1, -0.05) is 12.1 Å². The van der Waals surface area contributed by atoms with Crippen LogP contribution < -0.4 is 0 Å². The molecule has 1 saturated heterocycles. The van der Waals surface area contributed by atoms with Crippen molar-refractivity contribution in [1.82, 2.24) is 14.5 Å². The van der Waals surface area contributed by atoms with Gasteiger partial charge >= 0.3 is 0 Å². The number of para-hydroxylation sites is 2. The molecule has 5 nitrogen and oxygen atoms in total. The summed E-state index contributed by atoms with van der Waals surface area (Å²) in [4.78, 5) is 19.6. The smallest absolute Gasteiger partial charge is 0.229 e. The van der Waals surface area contributed by atoms with E-state index in [2.05, 4.69) is 10.6 Å². The van der Waals surface area contributed by atoms with Crippen LogP contribution in [0.1, 0.15) is 38.1 Å². The zero-order valence-electron chi connectivity index (χ0n) is 13.7. The average molecular weight is 313 g/mol. The molecule has 0 spiro atoms. The van der Waals surface area contributed by atoms with Gasteiger partial charge in [0.15, 0.2) is 0 Å². The lowest BCUT2D eigenvalue weighted by atomic mass is 10.2. The summed E-state index contributed by atoms with van der Waals surface area (Å²) in [7, 11) is 2.05. The number of hydrogen-bond acceptors (Lipinski definition) is 3. The van der Waals surface area contributed by atoms with Gasteiger partial charge in [-0.3, -0.25) is 4.79 Å². The molecule has 1 saturated carbocycles. The highest BCUT2D eigenvalue weighted by Crippen LogP contribution is 2.40. The average Bonchev–Trinajstić information content (AvgIpc) is 3.03. The Morgan fingerprint density at radius 1 is 1.39 bits per heavy atom. The molecule has 2 heterocycles. The number of benzene rings is 1. The van der Waals surface area contributed by atoms with Gasteiger partial charge < -0.3 is 14.2 Å². The molecule has 4 rings (SSSR count). The molecule has 1 amide bonds. The summed E-state index contributed by atoms with van der Waals surface area (Å²) in [6.45, 7) is 3.50. The van der Waals surface area contributed by atoms with E-state index in [9.17, 15) is 4.79 Å². The van der Waals surface area contributed by atoms with Gasteiger partial charge in [-0.25, -0.2) is 4.98 Å². The van der Waals surface area contributed by atoms with Crippen LogP contribution in [0.3, 0.4) is 0 Å². The topological polar surface area (TPSA) is 47.4 Å². The van der Waals surface area contributed by atoms with Gasteiger partial charge in [0.2, 0.25) is 5.91 Å². The molecule has 1 aliphatic carbocycles. The maximum absolute atomic E-state index is 12.8. The third kappa shape index (κ3) is 2.43. The van der Waals surface area contributed by atoms with E-state index in [1.54, 1.807) is 0 Å². The summed E-state index contributed by atoms with van der Waals surface area (Å²) < 4.78 is 7.73. The van der Waals surface area contributed by atoms with Crippen molar-refractivity contribution < 1.29 is 9.53 Å². The van der Waals surface area contributed by atoms with E-state index in [0.717, 1.165) is 42.7 Å². The highest BCUT2D eigenvalue weighted by Gasteiger charge is 2.48. The van der Waals surface area contributed by atoms with E-state index in [1.165, 1.54) is 0 Å². The molecule has 122 valence electrons. The van der Waals surface area contributed by atoms with Gasteiger partial charge in [-0.2, -0.15) is 0 Å². The molecular weight excluding hydrogens is 290 g/mol. The molecule has 2 aromatic rings. The van der Waals surface area contributed by atoms with Crippen molar-refractivity contribution in [3.05, 3.63) is 30.1 Å². The molecule has 1 aromatic heterocycles. The molecule has 3 atom stereocenters. The quantitative estimate of drug-likeness (QED) is 0.872. The van der Waals surface area contributed by atoms with Gasteiger partial charge in [0.1, 0.15) is 5.82 Å². The predicted molar refractivity (Wildman–Crippen MR) is 87.9 cm³/mol. The molecule has 0 radical (unpaired) electrons. The first-order valence-electron chi connectivity index (χ1n) is 8.54. The Morgan fingerprint density at radius 2 is 2.22 bits per heavy atom. The van der Waals surface area contributed by atoms with Gasteiger partial charge in [-0.05, 0) is 38.3 Å². The number of likely N-dealkylation sites (tertiary alicyclic amines) is 1. The normalized spacial score (nSPS) is 26.9. The predicted octanol–water partition coefficient (Wildman–Crippen LogP) is 2.66. The molecule has 1 aliphatic heterocycles. The molecule has 0 unspecified atom stereocenters. The third-order valence-corrected chi connectivity index (χ3v) is 5.09. The van der Waals surface area contributed by atoms with E-state index >= 15 is 0 Å². The second-order valence-corrected chi connectivity index (χ2v) is 6.54. The Kier molecular flexibility index (Phi) is 3.60. The second kappa shape index (κ2) is 5.64. The highest BCUT2D eigenvalue weighted by atomic mass is 16.5. The number of hydrogen-bond donors (Lipinski definition) is 0. The number of aryl methyl sites for hydroxylation is 1. The summed E-state index contributed by atoms with van der Waals surface area (Å²) in [6.07, 6.45) is 3.05. The Hall–Kier alpha value is -1.88. The van der Waals surface area contributed by atoms with Crippen molar-refractivity contribution in [1.29, 1.82) is 0 Å². The van der Waals surface area contributed by atoms with Gasteiger partial charge in [0.05, 0.1) is 29.1 Å². The zero-order chi connectivity index (χ0) is 16.0. The summed E-state index contributed by atoms with van der Waals surface area (Å²) >= 11 is 0. The van der Waals surface area contributed by atoms with Gasteiger partial charge in [0.25, 0.3) is 0 Å². The van der Waals surface area contributed by atoms with Crippen molar-refractivity contribution >= 4 is 16.9 Å². The van der Waals surface area contributed by atoms with E-state index in [0.29, 0.717) is 6.61 Å². The number of fused-ring (bicyclic) bond motifs is 1. The molecule has 2 aliphatic rings. The molecule has 5 heteroatoms. The van der Waals surface area contributed by atoms with Crippen LogP contribution in [0.4, 0.5) is 0 Å². The fraction of sp³-hybridized carbons (Fsp3) is 0.556. The van der Waals surface area contributed by atoms with Crippen LogP contribution in [0.2, 0.25) is 0 Å². The van der Waals surface area contributed by atoms with Crippen molar-refractivity contribution in [3.8, 4) is 0 Å². The molecule has 1 aromatic carbocycles. The van der Waals surface area contributed by atoms with E-state index in [4.69, 9.17) is 9.72 Å². The molecule has 0 N–H and O–H groups in total. The van der Waals surface area contributed by atoms with Crippen molar-refractivity contribution in [2.45, 2.75) is 38.3 Å². The van der Waals surface area contributed by atoms with Crippen LogP contribution in [0.5, 0.6) is 0 Å². The summed E-state index contributed by atoms with van der Waals surface area (Å²) in [6, 6.07) is 8.25. The number of rotatable bonds is 4. The summed E-state index contributed by atoms with van der Waals surface area (Å²) in [5.74, 6) is 1.31. The first-order chi connectivity index (χ1) is 11.2. The fourth-order valence-electron chi connectivity index (χ4n) is 3.80. The lowest BCUT2D eigenvalue weighted by molar-refractivity contribution is -0.134. The first kappa shape index (κ1) is 14.7. The van der Waals surface area contributed by atoms with Gasteiger partial charge in [-0.15, -0.1) is 0 Å². The largest absolute Gasteiger partial charge is 0.378 e. The lowest BCUT2D eigenvalue weighted by Crippen LogP contribution is -2.34. The van der Waals surface area contributed by atoms with Crippen LogP contribution in [-0.2, 0) is 16.6 Å². The third-order valence-electron chi connectivity index (χ3n) is 5.09. The zero-order valence-corrected chi connectivity index (χ0v) is 13.7. The Labute approximate surface area is 136 Å². The van der Waals surface area contributed by atoms with Crippen LogP contribution in [-0.4, -0.2) is 39.6 Å². The minimum atomic E-state index is 0.0604. The lowest BCUT2D eigenvalue weighted by Gasteiger charge is -2.24. The number of amides is 1. The molecule has 0 bridgehead atoms. The highest BCUT2D eigenvalue weighted by molar-refractivity contribution is 5.83. The number of ether oxygens (including phenoxy) is 1. The van der Waals surface area contributed by atoms with Crippen molar-refractivity contribution in [2.75, 3.05) is 13.2 Å². The fourth-order valence-corrected chi connectivity index (χ4v) is 3.80. The summed E-state index contributed by atoms with van der Waals surface area (Å²) in [5, 5.41) is 0. The van der Waals surface area contributed by atoms with Crippen molar-refractivity contribution in [3.63, 3.8) is 0 Å². The number of carbonyl (C=O) groups is 1. The number of aromatic nitrogens is 2. The van der Waals surface area contributed by atoms with E-state index in [-0.39, 0.29) is 24.0 Å². The Bertz CT molecular complexity index is 739. The maximum atomic E-state index is 12.8. The van der Waals surface area contributed by atoms with Crippen LogP contribution in [0.25, 0.3) is 11.0 Å². The van der Waals surface area contributed by atoms with Crippen LogP contribution in [0.15, 0.2) is 24.3 Å².